The lowest BCUT2D eigenvalue weighted by Gasteiger charge is -2.33. The minimum absolute atomic E-state index is 0.0651. The molecule has 0 amide bonds. The van der Waals surface area contributed by atoms with Gasteiger partial charge in [-0.1, -0.05) is 29.8 Å². The molecule has 0 aromatic carbocycles. The molecule has 3 N–H and O–H groups in total. The second-order valence-corrected chi connectivity index (χ2v) is 7.14. The van der Waals surface area contributed by atoms with E-state index in [1.807, 2.05) is 0 Å². The van der Waals surface area contributed by atoms with Gasteiger partial charge < -0.3 is 20.2 Å². The van der Waals surface area contributed by atoms with E-state index < -0.39 is 18.2 Å². The summed E-state index contributed by atoms with van der Waals surface area (Å²) in [4.78, 5) is 15.5. The number of hydrogen-bond donors (Lipinski definition) is 3. The van der Waals surface area contributed by atoms with Crippen LogP contribution < -0.4 is 0 Å². The van der Waals surface area contributed by atoms with Crippen molar-refractivity contribution in [3.63, 3.8) is 0 Å². The summed E-state index contributed by atoms with van der Waals surface area (Å²) in [5, 5.41) is 33.1. The van der Waals surface area contributed by atoms with Gasteiger partial charge in [-0.05, 0) is 37.5 Å². The number of rotatable bonds is 5. The lowest BCUT2D eigenvalue weighted by atomic mass is 9.73. The number of carbonyl (C=O) groups is 1. The first-order chi connectivity index (χ1) is 11.6. The number of fused-ring (bicyclic) bond motifs is 1. The van der Waals surface area contributed by atoms with Crippen LogP contribution in [0.1, 0.15) is 44.9 Å². The second-order valence-electron chi connectivity index (χ2n) is 7.14. The fraction of sp³-hybridized carbons (Fsp3) is 0.778. The van der Waals surface area contributed by atoms with Crippen molar-refractivity contribution in [2.45, 2.75) is 57.2 Å². The topological polar surface area (TPSA) is 99.4 Å². The maximum absolute atomic E-state index is 10.4. The van der Waals surface area contributed by atoms with Gasteiger partial charge in [-0.2, -0.15) is 0 Å². The molecule has 0 aromatic heterocycles. The zero-order chi connectivity index (χ0) is 17.1. The minimum Gasteiger partial charge on any atom is -0.481 e. The third-order valence-corrected chi connectivity index (χ3v) is 5.60. The lowest BCUT2D eigenvalue weighted by molar-refractivity contribution is -0.138. The summed E-state index contributed by atoms with van der Waals surface area (Å²) in [6.45, 7) is 0.0651. The van der Waals surface area contributed by atoms with Gasteiger partial charge in [-0.25, -0.2) is 0 Å². The quantitative estimate of drug-likeness (QED) is 0.401. The van der Waals surface area contributed by atoms with Gasteiger partial charge in [0.25, 0.3) is 0 Å². The zero-order valence-corrected chi connectivity index (χ0v) is 13.7. The highest BCUT2D eigenvalue weighted by Crippen LogP contribution is 2.48. The summed E-state index contributed by atoms with van der Waals surface area (Å²) < 4.78 is 0. The molecule has 6 nitrogen and oxygen atoms in total. The van der Waals surface area contributed by atoms with Crippen LogP contribution in [0.25, 0.3) is 0 Å². The van der Waals surface area contributed by atoms with Gasteiger partial charge in [-0.3, -0.25) is 4.79 Å². The summed E-state index contributed by atoms with van der Waals surface area (Å²) in [6.07, 6.45) is 4.71. The maximum Gasteiger partial charge on any atom is 0.306 e. The van der Waals surface area contributed by atoms with Crippen LogP contribution in [-0.4, -0.2) is 45.8 Å². The van der Waals surface area contributed by atoms with E-state index in [9.17, 15) is 15.0 Å². The Kier molecular flexibility index (Phi) is 5.42. The molecular weight excluding hydrogens is 310 g/mol. The summed E-state index contributed by atoms with van der Waals surface area (Å²) in [6, 6.07) is 0. The third kappa shape index (κ3) is 3.73. The molecule has 3 fully saturated rings. The number of aliphatic hydroxyl groups excluding tert-OH is 2. The van der Waals surface area contributed by atoms with Gasteiger partial charge >= 0.3 is 5.97 Å². The number of aliphatic carboxylic acids is 1. The van der Waals surface area contributed by atoms with Crippen molar-refractivity contribution in [1.29, 1.82) is 0 Å². The fourth-order valence-electron chi connectivity index (χ4n) is 4.10. The van der Waals surface area contributed by atoms with Crippen molar-refractivity contribution in [3.05, 3.63) is 0 Å². The molecule has 0 aromatic rings. The van der Waals surface area contributed by atoms with E-state index in [0.29, 0.717) is 6.42 Å². The molecule has 3 aliphatic carbocycles. The molecule has 0 bridgehead atoms. The number of oxime groups is 1. The van der Waals surface area contributed by atoms with E-state index in [-0.39, 0.29) is 36.7 Å². The molecule has 5 atom stereocenters. The third-order valence-electron chi connectivity index (χ3n) is 5.60. The van der Waals surface area contributed by atoms with Gasteiger partial charge in [0.2, 0.25) is 0 Å². The molecule has 0 heterocycles. The highest BCUT2D eigenvalue weighted by atomic mass is 16.6. The number of carboxylic acid groups (broad SMARTS) is 1. The molecule has 24 heavy (non-hydrogen) atoms. The zero-order valence-electron chi connectivity index (χ0n) is 13.7. The molecule has 6 heteroatoms. The monoisotopic (exact) mass is 335 g/mol. The van der Waals surface area contributed by atoms with Crippen LogP contribution in [0.3, 0.4) is 0 Å². The highest BCUT2D eigenvalue weighted by molar-refractivity contribution is 5.93. The number of nitrogens with zero attached hydrogens (tertiary/aromatic N) is 1. The van der Waals surface area contributed by atoms with Gasteiger partial charge in [-0.15, -0.1) is 0 Å². The highest BCUT2D eigenvalue weighted by Gasteiger charge is 2.51. The molecule has 132 valence electrons. The normalized spacial score (nSPS) is 35.0. The molecule has 0 aliphatic heterocycles. The average molecular weight is 335 g/mol. The number of carboxylic acids is 1. The van der Waals surface area contributed by atoms with E-state index in [2.05, 4.69) is 17.0 Å². The van der Waals surface area contributed by atoms with Crippen molar-refractivity contribution >= 4 is 11.7 Å². The van der Waals surface area contributed by atoms with E-state index in [0.717, 1.165) is 25.0 Å². The Morgan fingerprint density at radius 3 is 2.83 bits per heavy atom. The lowest BCUT2D eigenvalue weighted by Crippen LogP contribution is -2.38. The Morgan fingerprint density at radius 1 is 1.38 bits per heavy atom. The Bertz CT molecular complexity index is 557. The van der Waals surface area contributed by atoms with Crippen LogP contribution in [0, 0.1) is 35.5 Å². The van der Waals surface area contributed by atoms with Crippen LogP contribution in [0.2, 0.25) is 0 Å². The smallest absolute Gasteiger partial charge is 0.306 e. The van der Waals surface area contributed by atoms with Crippen molar-refractivity contribution in [2.75, 3.05) is 6.61 Å². The van der Waals surface area contributed by atoms with Gasteiger partial charge in [0.05, 0.1) is 18.2 Å². The van der Waals surface area contributed by atoms with Crippen LogP contribution >= 0.6 is 0 Å². The van der Waals surface area contributed by atoms with Crippen LogP contribution in [0.15, 0.2) is 5.16 Å². The van der Waals surface area contributed by atoms with Crippen LogP contribution in [0.4, 0.5) is 0 Å². The molecule has 0 radical (unpaired) electrons. The van der Waals surface area contributed by atoms with Crippen molar-refractivity contribution in [2.24, 2.45) is 28.8 Å². The van der Waals surface area contributed by atoms with Crippen molar-refractivity contribution in [1.82, 2.24) is 0 Å². The van der Waals surface area contributed by atoms with Crippen molar-refractivity contribution < 1.29 is 25.0 Å². The van der Waals surface area contributed by atoms with Gasteiger partial charge in [0.15, 0.2) is 0 Å². The molecular formula is C18H25NO5. The number of hydrogen-bond acceptors (Lipinski definition) is 5. The maximum atomic E-state index is 10.4. The van der Waals surface area contributed by atoms with E-state index in [4.69, 9.17) is 9.94 Å². The molecule has 3 saturated carbocycles. The second kappa shape index (κ2) is 7.54. The number of aliphatic hydroxyl groups is 2. The first-order valence-corrected chi connectivity index (χ1v) is 8.84. The van der Waals surface area contributed by atoms with E-state index in [1.54, 1.807) is 0 Å². The summed E-state index contributed by atoms with van der Waals surface area (Å²) in [5.41, 5.74) is 0.894. The van der Waals surface area contributed by atoms with Gasteiger partial charge in [0, 0.05) is 11.8 Å². The summed E-state index contributed by atoms with van der Waals surface area (Å²) in [5.74, 6) is 5.63. The predicted molar refractivity (Wildman–Crippen MR) is 87.1 cm³/mol. The Hall–Kier alpha value is -1.58. The summed E-state index contributed by atoms with van der Waals surface area (Å²) in [7, 11) is 0. The van der Waals surface area contributed by atoms with Gasteiger partial charge in [0.1, 0.15) is 12.7 Å². The Labute approximate surface area is 141 Å². The molecule has 3 rings (SSSR count). The van der Waals surface area contributed by atoms with Crippen LogP contribution in [0.5, 0.6) is 0 Å². The minimum atomic E-state index is -0.908. The average Bonchev–Trinajstić information content (AvgIpc) is 3.13. The predicted octanol–water partition coefficient (Wildman–Crippen LogP) is 1.41. The molecule has 0 saturated heterocycles. The molecule has 5 unspecified atom stereocenters. The summed E-state index contributed by atoms with van der Waals surface area (Å²) >= 11 is 0. The SMILES string of the molecule is O=C(O)CCON=C1CC2C1CC(C#CC(O)C1CCCC1)C2O. The largest absolute Gasteiger partial charge is 0.481 e. The molecule has 0 spiro atoms. The fourth-order valence-corrected chi connectivity index (χ4v) is 4.10. The standard InChI is InChI=1S/C18H25NO5/c20-16(11-3-1-2-4-11)6-5-12-9-13-14(18(12)23)10-15(13)19-24-8-7-17(21)22/h11-14,16,18,20,23H,1-4,7-10H2,(H,21,22). The first-order valence-electron chi connectivity index (χ1n) is 8.84. The van der Waals surface area contributed by atoms with E-state index >= 15 is 0 Å². The Balaban J connectivity index is 1.50. The first kappa shape index (κ1) is 17.2. The van der Waals surface area contributed by atoms with Crippen LogP contribution in [-0.2, 0) is 9.63 Å². The Morgan fingerprint density at radius 2 is 2.12 bits per heavy atom. The molecule has 3 aliphatic rings. The van der Waals surface area contributed by atoms with E-state index in [1.165, 1.54) is 12.8 Å². The van der Waals surface area contributed by atoms with Crippen molar-refractivity contribution in [3.8, 4) is 11.8 Å².